The lowest BCUT2D eigenvalue weighted by Crippen LogP contribution is -2.37. The van der Waals surface area contributed by atoms with Crippen LogP contribution in [-0.2, 0) is 4.79 Å². The van der Waals surface area contributed by atoms with Crippen molar-refractivity contribution in [3.8, 4) is 5.75 Å². The highest BCUT2D eigenvalue weighted by atomic mass is 35.5. The molecule has 0 saturated carbocycles. The summed E-state index contributed by atoms with van der Waals surface area (Å²) in [7, 11) is 3.53. The average molecular weight is 301 g/mol. The maximum Gasteiger partial charge on any atom is 0.220 e. The van der Waals surface area contributed by atoms with E-state index in [-0.39, 0.29) is 24.2 Å². The molecule has 2 N–H and O–H groups in total. The van der Waals surface area contributed by atoms with Gasteiger partial charge in [-0.05, 0) is 37.6 Å². The molecule has 1 aromatic carbocycles. The molecular weight excluding hydrogens is 276 g/mol. The lowest BCUT2D eigenvalue weighted by Gasteiger charge is -2.15. The van der Waals surface area contributed by atoms with E-state index in [4.69, 9.17) is 4.74 Å². The largest absolute Gasteiger partial charge is 0.497 e. The third-order valence-electron chi connectivity index (χ3n) is 3.27. The Hall–Kier alpha value is -1.26. The van der Waals surface area contributed by atoms with Crippen molar-refractivity contribution in [1.29, 1.82) is 0 Å². The average Bonchev–Trinajstić information content (AvgIpc) is 2.44. The second-order valence-electron chi connectivity index (χ2n) is 4.87. The van der Waals surface area contributed by atoms with Crippen LogP contribution in [0.2, 0.25) is 0 Å². The Morgan fingerprint density at radius 2 is 1.85 bits per heavy atom. The molecule has 0 aliphatic heterocycles. The number of benzene rings is 1. The molecule has 0 aliphatic rings. The molecule has 20 heavy (non-hydrogen) atoms. The fraction of sp³-hybridized carbons (Fsp3) is 0.533. The molecule has 1 amide bonds. The zero-order valence-electron chi connectivity index (χ0n) is 12.6. The molecule has 0 saturated heterocycles. The van der Waals surface area contributed by atoms with Gasteiger partial charge in [0.1, 0.15) is 5.75 Å². The van der Waals surface area contributed by atoms with Gasteiger partial charge in [-0.25, -0.2) is 0 Å². The van der Waals surface area contributed by atoms with Gasteiger partial charge >= 0.3 is 0 Å². The quantitative estimate of drug-likeness (QED) is 0.812. The molecule has 0 heterocycles. The van der Waals surface area contributed by atoms with Gasteiger partial charge in [-0.3, -0.25) is 4.79 Å². The Balaban J connectivity index is 0.00000361. The molecule has 1 aromatic rings. The number of ether oxygens (including phenoxy) is 1. The first kappa shape index (κ1) is 18.7. The maximum atomic E-state index is 11.8. The number of carbonyl (C=O) groups is 1. The fourth-order valence-corrected chi connectivity index (χ4v) is 1.77. The summed E-state index contributed by atoms with van der Waals surface area (Å²) >= 11 is 0. The van der Waals surface area contributed by atoms with Gasteiger partial charge in [0.2, 0.25) is 5.91 Å². The van der Waals surface area contributed by atoms with Crippen molar-refractivity contribution in [2.24, 2.45) is 0 Å². The van der Waals surface area contributed by atoms with Crippen molar-refractivity contribution < 1.29 is 9.53 Å². The highest BCUT2D eigenvalue weighted by molar-refractivity contribution is 5.85. The van der Waals surface area contributed by atoms with Crippen LogP contribution in [0.3, 0.4) is 0 Å². The second-order valence-corrected chi connectivity index (χ2v) is 4.87. The van der Waals surface area contributed by atoms with Crippen molar-refractivity contribution in [1.82, 2.24) is 10.6 Å². The molecule has 0 bridgehead atoms. The number of halogens is 1. The first-order valence-electron chi connectivity index (χ1n) is 6.64. The SMILES string of the molecule is CNC(C)CNC(=O)CC(C)c1ccc(OC)cc1.Cl. The van der Waals surface area contributed by atoms with E-state index in [1.807, 2.05) is 38.2 Å². The summed E-state index contributed by atoms with van der Waals surface area (Å²) in [6.07, 6.45) is 0.503. The predicted molar refractivity (Wildman–Crippen MR) is 84.8 cm³/mol. The lowest BCUT2D eigenvalue weighted by atomic mass is 9.97. The highest BCUT2D eigenvalue weighted by Gasteiger charge is 2.11. The molecule has 0 aliphatic carbocycles. The number of methoxy groups -OCH3 is 1. The van der Waals surface area contributed by atoms with E-state index in [1.54, 1.807) is 7.11 Å². The van der Waals surface area contributed by atoms with Gasteiger partial charge in [0, 0.05) is 19.0 Å². The molecule has 4 nitrogen and oxygen atoms in total. The summed E-state index contributed by atoms with van der Waals surface area (Å²) in [6.45, 7) is 4.75. The Bertz CT molecular complexity index is 395. The molecule has 0 aromatic heterocycles. The predicted octanol–water partition coefficient (Wildman–Crippen LogP) is 2.33. The van der Waals surface area contributed by atoms with E-state index in [0.29, 0.717) is 19.0 Å². The molecule has 2 unspecified atom stereocenters. The van der Waals surface area contributed by atoms with Crippen LogP contribution in [0.5, 0.6) is 5.75 Å². The van der Waals surface area contributed by atoms with Crippen LogP contribution in [0.25, 0.3) is 0 Å². The minimum Gasteiger partial charge on any atom is -0.497 e. The molecule has 0 fully saturated rings. The number of hydrogen-bond acceptors (Lipinski definition) is 3. The fourth-order valence-electron chi connectivity index (χ4n) is 1.77. The van der Waals surface area contributed by atoms with E-state index in [1.165, 1.54) is 0 Å². The Labute approximate surface area is 127 Å². The summed E-state index contributed by atoms with van der Waals surface area (Å²) in [5.41, 5.74) is 1.15. The zero-order valence-corrected chi connectivity index (χ0v) is 13.4. The maximum absolute atomic E-state index is 11.8. The van der Waals surface area contributed by atoms with Crippen LogP contribution in [0.15, 0.2) is 24.3 Å². The van der Waals surface area contributed by atoms with Crippen LogP contribution in [-0.4, -0.2) is 32.7 Å². The smallest absolute Gasteiger partial charge is 0.220 e. The van der Waals surface area contributed by atoms with Gasteiger partial charge in [0.05, 0.1) is 7.11 Å². The summed E-state index contributed by atoms with van der Waals surface area (Å²) in [5.74, 6) is 1.13. The molecule has 0 radical (unpaired) electrons. The minimum atomic E-state index is 0. The van der Waals surface area contributed by atoms with Crippen LogP contribution in [0.4, 0.5) is 0 Å². The highest BCUT2D eigenvalue weighted by Crippen LogP contribution is 2.21. The van der Waals surface area contributed by atoms with Crippen molar-refractivity contribution in [2.45, 2.75) is 32.2 Å². The van der Waals surface area contributed by atoms with Crippen molar-refractivity contribution in [3.63, 3.8) is 0 Å². The Kier molecular flexibility index (Phi) is 9.01. The second kappa shape index (κ2) is 9.61. The lowest BCUT2D eigenvalue weighted by molar-refractivity contribution is -0.121. The number of likely N-dealkylation sites (N-methyl/N-ethyl adjacent to an activating group) is 1. The standard InChI is InChI=1S/C15H24N2O2.ClH/c1-11(9-15(18)17-10-12(2)16-3)13-5-7-14(19-4)8-6-13;/h5-8,11-12,16H,9-10H2,1-4H3,(H,17,18);1H. The number of amides is 1. The van der Waals surface area contributed by atoms with E-state index in [0.717, 1.165) is 11.3 Å². The Morgan fingerprint density at radius 3 is 2.35 bits per heavy atom. The van der Waals surface area contributed by atoms with Crippen LogP contribution < -0.4 is 15.4 Å². The Morgan fingerprint density at radius 1 is 1.25 bits per heavy atom. The van der Waals surface area contributed by atoms with Gasteiger partial charge in [0.25, 0.3) is 0 Å². The first-order valence-corrected chi connectivity index (χ1v) is 6.64. The van der Waals surface area contributed by atoms with E-state index in [9.17, 15) is 4.79 Å². The topological polar surface area (TPSA) is 50.4 Å². The van der Waals surface area contributed by atoms with Crippen molar-refractivity contribution in [3.05, 3.63) is 29.8 Å². The normalized spacial score (nSPS) is 13.0. The molecule has 2 atom stereocenters. The van der Waals surface area contributed by atoms with Gasteiger partial charge in [0.15, 0.2) is 0 Å². The third kappa shape index (κ3) is 6.26. The van der Waals surface area contributed by atoms with E-state index < -0.39 is 0 Å². The first-order chi connectivity index (χ1) is 9.06. The van der Waals surface area contributed by atoms with Crippen LogP contribution in [0, 0.1) is 0 Å². The van der Waals surface area contributed by atoms with Gasteiger partial charge in [-0.1, -0.05) is 19.1 Å². The molecule has 114 valence electrons. The zero-order chi connectivity index (χ0) is 14.3. The number of rotatable bonds is 7. The summed E-state index contributed by atoms with van der Waals surface area (Å²) < 4.78 is 5.12. The van der Waals surface area contributed by atoms with E-state index in [2.05, 4.69) is 17.6 Å². The summed E-state index contributed by atoms with van der Waals surface area (Å²) in [6, 6.07) is 8.15. The number of hydrogen-bond donors (Lipinski definition) is 2. The number of carbonyl (C=O) groups excluding carboxylic acids is 1. The van der Waals surface area contributed by atoms with Crippen LogP contribution >= 0.6 is 12.4 Å². The summed E-state index contributed by atoms with van der Waals surface area (Å²) in [4.78, 5) is 11.8. The molecule has 0 spiro atoms. The minimum absolute atomic E-state index is 0. The van der Waals surface area contributed by atoms with Gasteiger partial charge in [-0.2, -0.15) is 0 Å². The van der Waals surface area contributed by atoms with Gasteiger partial charge < -0.3 is 15.4 Å². The van der Waals surface area contributed by atoms with Crippen molar-refractivity contribution in [2.75, 3.05) is 20.7 Å². The molecule has 5 heteroatoms. The third-order valence-corrected chi connectivity index (χ3v) is 3.27. The summed E-state index contributed by atoms with van der Waals surface area (Å²) in [5, 5.41) is 6.02. The monoisotopic (exact) mass is 300 g/mol. The molecular formula is C15H25ClN2O2. The molecule has 1 rings (SSSR count). The van der Waals surface area contributed by atoms with Crippen LogP contribution in [0.1, 0.15) is 31.7 Å². The van der Waals surface area contributed by atoms with Gasteiger partial charge in [-0.15, -0.1) is 12.4 Å². The van der Waals surface area contributed by atoms with E-state index >= 15 is 0 Å². The van der Waals surface area contributed by atoms with Crippen molar-refractivity contribution >= 4 is 18.3 Å². The number of nitrogens with one attached hydrogen (secondary N) is 2.